The van der Waals surface area contributed by atoms with Crippen LogP contribution in [-0.2, 0) is 14.4 Å². The molecule has 0 unspecified atom stereocenters. The number of carboxylic acids is 2. The Kier molecular flexibility index (Phi) is 11.2. The average Bonchev–Trinajstić information content (AvgIpc) is 2.36. The Labute approximate surface area is 125 Å². The van der Waals surface area contributed by atoms with Crippen molar-refractivity contribution in [2.24, 2.45) is 0 Å². The first-order chi connectivity index (χ1) is 9.95. The summed E-state index contributed by atoms with van der Waals surface area (Å²) in [5, 5.41) is 20.0. The van der Waals surface area contributed by atoms with Crippen molar-refractivity contribution in [3.8, 4) is 0 Å². The number of unbranched alkanes of at least 4 members (excludes halogenated alkanes) is 5. The van der Waals surface area contributed by atoms with Gasteiger partial charge < -0.3 is 15.5 Å². The van der Waals surface area contributed by atoms with Crippen LogP contribution >= 0.6 is 0 Å². The number of nitrogens with zero attached hydrogens (tertiary/aromatic N) is 1. The molecule has 0 rings (SSSR count). The van der Waals surface area contributed by atoms with E-state index in [2.05, 4.69) is 12.2 Å². The molecule has 0 fully saturated rings. The molecule has 7 nitrogen and oxygen atoms in total. The summed E-state index contributed by atoms with van der Waals surface area (Å²) in [5.41, 5.74) is 0. The molecule has 3 N–H and O–H groups in total. The summed E-state index contributed by atoms with van der Waals surface area (Å²) in [4.78, 5) is 33.9. The fourth-order valence-corrected chi connectivity index (χ4v) is 1.94. The highest BCUT2D eigenvalue weighted by atomic mass is 16.4. The zero-order valence-corrected chi connectivity index (χ0v) is 12.6. The SMILES string of the molecule is CCCCCCCCNC(=O)CN(CC(=O)O)CC(=O)O. The van der Waals surface area contributed by atoms with Crippen LogP contribution in [0.5, 0.6) is 0 Å². The molecule has 1 amide bonds. The Balaban J connectivity index is 3.82. The van der Waals surface area contributed by atoms with Crippen LogP contribution in [0.4, 0.5) is 0 Å². The van der Waals surface area contributed by atoms with Gasteiger partial charge in [-0.15, -0.1) is 0 Å². The van der Waals surface area contributed by atoms with Crippen molar-refractivity contribution in [3.63, 3.8) is 0 Å². The number of amides is 1. The summed E-state index contributed by atoms with van der Waals surface area (Å²) >= 11 is 0. The van der Waals surface area contributed by atoms with Crippen molar-refractivity contribution in [2.45, 2.75) is 45.4 Å². The monoisotopic (exact) mass is 302 g/mol. The van der Waals surface area contributed by atoms with E-state index in [1.165, 1.54) is 19.3 Å². The van der Waals surface area contributed by atoms with E-state index in [0.717, 1.165) is 24.2 Å². The zero-order valence-electron chi connectivity index (χ0n) is 12.6. The quantitative estimate of drug-likeness (QED) is 0.437. The first-order valence-corrected chi connectivity index (χ1v) is 7.38. The van der Waals surface area contributed by atoms with Gasteiger partial charge in [-0.3, -0.25) is 19.3 Å². The number of carbonyl (C=O) groups excluding carboxylic acids is 1. The highest BCUT2D eigenvalue weighted by Crippen LogP contribution is 2.04. The van der Waals surface area contributed by atoms with E-state index in [0.29, 0.717) is 6.54 Å². The van der Waals surface area contributed by atoms with Gasteiger partial charge in [0, 0.05) is 6.54 Å². The standard InChI is InChI=1S/C14H26N2O5/c1-2-3-4-5-6-7-8-15-12(17)9-16(10-13(18)19)11-14(20)21/h2-11H2,1H3,(H,15,17)(H,18,19)(H,20,21). The molecule has 0 spiro atoms. The summed E-state index contributed by atoms with van der Waals surface area (Å²) < 4.78 is 0. The maximum atomic E-state index is 11.6. The topological polar surface area (TPSA) is 107 Å². The molecule has 0 bridgehead atoms. The number of hydrogen-bond acceptors (Lipinski definition) is 4. The average molecular weight is 302 g/mol. The normalized spacial score (nSPS) is 10.6. The molecule has 122 valence electrons. The maximum Gasteiger partial charge on any atom is 0.317 e. The van der Waals surface area contributed by atoms with Crippen LogP contribution < -0.4 is 5.32 Å². The van der Waals surface area contributed by atoms with Crippen molar-refractivity contribution in [2.75, 3.05) is 26.2 Å². The van der Waals surface area contributed by atoms with Crippen molar-refractivity contribution < 1.29 is 24.6 Å². The number of aliphatic carboxylic acids is 2. The number of carboxylic acid groups (broad SMARTS) is 2. The Hall–Kier alpha value is -1.63. The summed E-state index contributed by atoms with van der Waals surface area (Å²) in [6, 6.07) is 0. The lowest BCUT2D eigenvalue weighted by molar-refractivity contribution is -0.142. The molecule has 0 aromatic heterocycles. The predicted octanol–water partition coefficient (Wildman–Crippen LogP) is 0.934. The first-order valence-electron chi connectivity index (χ1n) is 7.38. The molecule has 0 atom stereocenters. The molecular formula is C14H26N2O5. The van der Waals surface area contributed by atoms with E-state index in [9.17, 15) is 14.4 Å². The number of carbonyl (C=O) groups is 3. The minimum absolute atomic E-state index is 0.214. The summed E-state index contributed by atoms with van der Waals surface area (Å²) in [6.07, 6.45) is 6.70. The number of rotatable bonds is 13. The van der Waals surface area contributed by atoms with Gasteiger partial charge in [0.1, 0.15) is 0 Å². The number of nitrogens with one attached hydrogen (secondary N) is 1. The third kappa shape index (κ3) is 13.1. The van der Waals surface area contributed by atoms with Gasteiger partial charge in [0.25, 0.3) is 0 Å². The van der Waals surface area contributed by atoms with Gasteiger partial charge in [-0.1, -0.05) is 39.0 Å². The molecule has 0 aliphatic heterocycles. The van der Waals surface area contributed by atoms with Gasteiger partial charge in [-0.2, -0.15) is 0 Å². The van der Waals surface area contributed by atoms with Crippen molar-refractivity contribution >= 4 is 17.8 Å². The second kappa shape index (κ2) is 12.1. The summed E-state index contributed by atoms with van der Waals surface area (Å²) in [7, 11) is 0. The van der Waals surface area contributed by atoms with E-state index in [1.54, 1.807) is 0 Å². The van der Waals surface area contributed by atoms with E-state index < -0.39 is 25.0 Å². The van der Waals surface area contributed by atoms with Crippen LogP contribution in [-0.4, -0.2) is 59.1 Å². The van der Waals surface area contributed by atoms with E-state index >= 15 is 0 Å². The minimum Gasteiger partial charge on any atom is -0.480 e. The molecule has 0 radical (unpaired) electrons. The second-order valence-electron chi connectivity index (χ2n) is 5.05. The largest absolute Gasteiger partial charge is 0.480 e. The summed E-state index contributed by atoms with van der Waals surface area (Å²) in [6.45, 7) is 1.56. The van der Waals surface area contributed by atoms with E-state index in [1.807, 2.05) is 0 Å². The zero-order chi connectivity index (χ0) is 16.1. The molecule has 0 aliphatic rings. The highest BCUT2D eigenvalue weighted by Gasteiger charge is 2.16. The lowest BCUT2D eigenvalue weighted by Gasteiger charge is -2.17. The third-order valence-corrected chi connectivity index (χ3v) is 2.94. The Morgan fingerprint density at radius 2 is 1.38 bits per heavy atom. The Morgan fingerprint density at radius 3 is 1.90 bits per heavy atom. The maximum absolute atomic E-state index is 11.6. The van der Waals surface area contributed by atoms with Crippen LogP contribution in [0, 0.1) is 0 Å². The van der Waals surface area contributed by atoms with Crippen LogP contribution in [0.3, 0.4) is 0 Å². The van der Waals surface area contributed by atoms with Gasteiger partial charge in [0.05, 0.1) is 19.6 Å². The predicted molar refractivity (Wildman–Crippen MR) is 78.1 cm³/mol. The van der Waals surface area contributed by atoms with Crippen LogP contribution in [0.15, 0.2) is 0 Å². The van der Waals surface area contributed by atoms with Crippen LogP contribution in [0.25, 0.3) is 0 Å². The van der Waals surface area contributed by atoms with Gasteiger partial charge in [-0.25, -0.2) is 0 Å². The molecule has 0 saturated heterocycles. The number of hydrogen-bond donors (Lipinski definition) is 3. The third-order valence-electron chi connectivity index (χ3n) is 2.94. The molecule has 0 aliphatic carbocycles. The van der Waals surface area contributed by atoms with E-state index in [-0.39, 0.29) is 12.5 Å². The lowest BCUT2D eigenvalue weighted by Crippen LogP contribution is -2.42. The highest BCUT2D eigenvalue weighted by molar-refractivity contribution is 5.80. The molecule has 0 aromatic rings. The van der Waals surface area contributed by atoms with Crippen molar-refractivity contribution in [1.29, 1.82) is 0 Å². The molecule has 21 heavy (non-hydrogen) atoms. The molecule has 0 heterocycles. The Morgan fingerprint density at radius 1 is 0.857 bits per heavy atom. The fourth-order valence-electron chi connectivity index (χ4n) is 1.94. The second-order valence-corrected chi connectivity index (χ2v) is 5.05. The Bertz CT molecular complexity index is 317. The smallest absolute Gasteiger partial charge is 0.317 e. The minimum atomic E-state index is -1.15. The molecule has 7 heteroatoms. The first kappa shape index (κ1) is 19.4. The van der Waals surface area contributed by atoms with Gasteiger partial charge in [-0.05, 0) is 6.42 Å². The molecule has 0 aromatic carbocycles. The van der Waals surface area contributed by atoms with Gasteiger partial charge in [0.2, 0.25) is 5.91 Å². The van der Waals surface area contributed by atoms with E-state index in [4.69, 9.17) is 10.2 Å². The lowest BCUT2D eigenvalue weighted by atomic mass is 10.1. The molecule has 0 saturated carbocycles. The summed E-state index contributed by atoms with van der Waals surface area (Å²) in [5.74, 6) is -2.65. The van der Waals surface area contributed by atoms with Crippen LogP contribution in [0.1, 0.15) is 45.4 Å². The van der Waals surface area contributed by atoms with Crippen molar-refractivity contribution in [1.82, 2.24) is 10.2 Å². The van der Waals surface area contributed by atoms with Crippen molar-refractivity contribution in [3.05, 3.63) is 0 Å². The molecular weight excluding hydrogens is 276 g/mol. The van der Waals surface area contributed by atoms with Gasteiger partial charge in [0.15, 0.2) is 0 Å². The van der Waals surface area contributed by atoms with Gasteiger partial charge >= 0.3 is 11.9 Å². The fraction of sp³-hybridized carbons (Fsp3) is 0.786. The van der Waals surface area contributed by atoms with Crippen LogP contribution in [0.2, 0.25) is 0 Å².